The van der Waals surface area contributed by atoms with E-state index in [1.807, 2.05) is 68.5 Å². The molecular weight excluding hydrogens is 496 g/mol. The summed E-state index contributed by atoms with van der Waals surface area (Å²) in [6.45, 7) is 3.96. The second-order valence-corrected chi connectivity index (χ2v) is 10.8. The number of aliphatic hydroxyl groups excluding tert-OH is 1. The van der Waals surface area contributed by atoms with Gasteiger partial charge in [0.2, 0.25) is 5.91 Å². The molecule has 2 aromatic rings. The largest absolute Gasteiger partial charge is 0.461 e. The number of ether oxygens (including phenoxy) is 2. The number of aliphatic hydroxyl groups is 1. The number of para-hydroxylation sites is 1. The number of rotatable bonds is 5. The minimum atomic E-state index is -1.38. The highest BCUT2D eigenvalue weighted by Gasteiger charge is 2.72. The van der Waals surface area contributed by atoms with Gasteiger partial charge in [-0.15, -0.1) is 0 Å². The summed E-state index contributed by atoms with van der Waals surface area (Å²) in [6, 6.07) is 13.7. The third-order valence-electron chi connectivity index (χ3n) is 8.48. The molecule has 2 amide bonds. The fraction of sp³-hybridized carbons (Fsp3) is 0.387. The van der Waals surface area contributed by atoms with Gasteiger partial charge in [-0.05, 0) is 43.0 Å². The third kappa shape index (κ3) is 3.93. The Morgan fingerprint density at radius 1 is 1.00 bits per heavy atom. The zero-order valence-corrected chi connectivity index (χ0v) is 22.0. The maximum absolute atomic E-state index is 14.6. The number of carbonyl (C=O) groups excluding carboxylic acids is 3. The molecule has 6 rings (SSSR count). The van der Waals surface area contributed by atoms with E-state index in [0.717, 1.165) is 22.4 Å². The average molecular weight is 529 g/mol. The number of carbonyl (C=O) groups is 3. The van der Waals surface area contributed by atoms with Crippen LogP contribution in [0.25, 0.3) is 0 Å². The number of benzene rings is 2. The van der Waals surface area contributed by atoms with E-state index in [1.54, 1.807) is 23.1 Å². The summed E-state index contributed by atoms with van der Waals surface area (Å²) in [7, 11) is 0. The molecule has 8 heteroatoms. The maximum atomic E-state index is 14.6. The minimum absolute atomic E-state index is 0.110. The van der Waals surface area contributed by atoms with Crippen molar-refractivity contribution in [2.75, 3.05) is 24.7 Å². The minimum Gasteiger partial charge on any atom is -0.461 e. The fourth-order valence-corrected chi connectivity index (χ4v) is 6.87. The number of aryl methyl sites for hydroxylation is 2. The zero-order chi connectivity index (χ0) is 27.3. The topological polar surface area (TPSA) is 96.4 Å². The normalized spacial score (nSPS) is 30.4. The molecule has 0 bridgehead atoms. The first-order valence-corrected chi connectivity index (χ1v) is 13.4. The van der Waals surface area contributed by atoms with Gasteiger partial charge in [-0.25, -0.2) is 0 Å². The summed E-state index contributed by atoms with van der Waals surface area (Å²) in [5.41, 5.74) is 2.21. The molecule has 4 aliphatic rings. The summed E-state index contributed by atoms with van der Waals surface area (Å²) < 4.78 is 12.0. The lowest BCUT2D eigenvalue weighted by atomic mass is 9.78. The molecular formula is C31H32N2O6. The monoisotopic (exact) mass is 528 g/mol. The molecule has 1 unspecified atom stereocenters. The van der Waals surface area contributed by atoms with Crippen LogP contribution in [0.3, 0.4) is 0 Å². The van der Waals surface area contributed by atoms with Crippen LogP contribution >= 0.6 is 0 Å². The van der Waals surface area contributed by atoms with Crippen LogP contribution in [0.5, 0.6) is 0 Å². The van der Waals surface area contributed by atoms with Crippen molar-refractivity contribution in [3.63, 3.8) is 0 Å². The highest BCUT2D eigenvalue weighted by Crippen LogP contribution is 2.54. The first-order chi connectivity index (χ1) is 18.9. The van der Waals surface area contributed by atoms with Crippen molar-refractivity contribution >= 4 is 23.5 Å². The molecule has 8 nitrogen and oxygen atoms in total. The Morgan fingerprint density at radius 3 is 2.46 bits per heavy atom. The Morgan fingerprint density at radius 2 is 1.74 bits per heavy atom. The third-order valence-corrected chi connectivity index (χ3v) is 8.48. The number of nitrogens with zero attached hydrogens (tertiary/aromatic N) is 2. The number of esters is 1. The van der Waals surface area contributed by atoms with Gasteiger partial charge in [-0.1, -0.05) is 66.8 Å². The van der Waals surface area contributed by atoms with Gasteiger partial charge in [0.15, 0.2) is 0 Å². The van der Waals surface area contributed by atoms with Crippen molar-refractivity contribution in [3.05, 3.63) is 89.5 Å². The first kappa shape index (κ1) is 25.5. The smallest absolute Gasteiger partial charge is 0.313 e. The van der Waals surface area contributed by atoms with Gasteiger partial charge in [0.25, 0.3) is 5.91 Å². The first-order valence-electron chi connectivity index (χ1n) is 13.4. The Balaban J connectivity index is 1.50. The van der Waals surface area contributed by atoms with E-state index in [0.29, 0.717) is 13.0 Å². The van der Waals surface area contributed by atoms with Crippen LogP contribution in [0.1, 0.15) is 16.7 Å². The Kier molecular flexibility index (Phi) is 6.40. The molecule has 2 saturated heterocycles. The van der Waals surface area contributed by atoms with Crippen molar-refractivity contribution in [2.24, 2.45) is 11.8 Å². The van der Waals surface area contributed by atoms with Crippen molar-refractivity contribution in [2.45, 2.75) is 44.1 Å². The van der Waals surface area contributed by atoms with E-state index in [2.05, 4.69) is 0 Å². The number of cyclic esters (lactones) is 1. The van der Waals surface area contributed by atoms with Gasteiger partial charge in [-0.3, -0.25) is 14.4 Å². The summed E-state index contributed by atoms with van der Waals surface area (Å²) >= 11 is 0. The van der Waals surface area contributed by atoms with Crippen LogP contribution in [0, 0.1) is 25.7 Å². The molecule has 2 fully saturated rings. The highest BCUT2D eigenvalue weighted by molar-refractivity contribution is 6.06. The summed E-state index contributed by atoms with van der Waals surface area (Å²) in [5, 5.41) is 10.6. The lowest BCUT2D eigenvalue weighted by Gasteiger charge is -2.39. The van der Waals surface area contributed by atoms with Crippen LogP contribution < -0.4 is 4.90 Å². The molecule has 4 heterocycles. The molecule has 2 aromatic carbocycles. The van der Waals surface area contributed by atoms with Crippen LogP contribution in [0.2, 0.25) is 0 Å². The van der Waals surface area contributed by atoms with Gasteiger partial charge >= 0.3 is 5.97 Å². The molecule has 1 N–H and O–H groups in total. The van der Waals surface area contributed by atoms with Gasteiger partial charge in [0, 0.05) is 12.2 Å². The number of anilines is 1. The van der Waals surface area contributed by atoms with Crippen molar-refractivity contribution < 1.29 is 29.0 Å². The summed E-state index contributed by atoms with van der Waals surface area (Å²) in [5.74, 6) is -3.03. The van der Waals surface area contributed by atoms with E-state index in [9.17, 15) is 19.5 Å². The molecule has 6 atom stereocenters. The lowest BCUT2D eigenvalue weighted by Crippen LogP contribution is -2.58. The quantitative estimate of drug-likeness (QED) is 0.473. The SMILES string of the molecule is Cc1cccc(C)c1N1CC=C[C@]23O[C@@H]4C=CCOC(=O)[C@@H]4[C@H]2C(=O)N([C@@H](CO)Cc2ccccc2)C3C1=O. The molecule has 39 heavy (non-hydrogen) atoms. The van der Waals surface area contributed by atoms with Crippen molar-refractivity contribution in [3.8, 4) is 0 Å². The van der Waals surface area contributed by atoms with Crippen LogP contribution in [0.4, 0.5) is 5.69 Å². The highest BCUT2D eigenvalue weighted by atomic mass is 16.6. The number of amides is 2. The second-order valence-electron chi connectivity index (χ2n) is 10.8. The lowest BCUT2D eigenvalue weighted by molar-refractivity contribution is -0.153. The van der Waals surface area contributed by atoms with Gasteiger partial charge in [0.1, 0.15) is 24.2 Å². The van der Waals surface area contributed by atoms with Crippen LogP contribution in [0.15, 0.2) is 72.8 Å². The molecule has 0 aliphatic carbocycles. The second kappa shape index (κ2) is 9.77. The van der Waals surface area contributed by atoms with Crippen molar-refractivity contribution in [1.82, 2.24) is 4.90 Å². The Labute approximate surface area is 227 Å². The predicted molar refractivity (Wildman–Crippen MR) is 144 cm³/mol. The van der Waals surface area contributed by atoms with E-state index < -0.39 is 41.6 Å². The van der Waals surface area contributed by atoms with E-state index >= 15 is 0 Å². The number of likely N-dealkylation sites (tertiary alicyclic amines) is 1. The molecule has 0 saturated carbocycles. The average Bonchev–Trinajstić information content (AvgIpc) is 3.23. The van der Waals surface area contributed by atoms with Crippen LogP contribution in [-0.4, -0.2) is 71.3 Å². The molecule has 0 radical (unpaired) electrons. The number of hydrogen-bond donors (Lipinski definition) is 1. The number of hydrogen-bond acceptors (Lipinski definition) is 6. The van der Waals surface area contributed by atoms with E-state index in [-0.39, 0.29) is 25.0 Å². The number of fused-ring (bicyclic) bond motifs is 2. The molecule has 1 spiro atoms. The van der Waals surface area contributed by atoms with E-state index in [4.69, 9.17) is 9.47 Å². The van der Waals surface area contributed by atoms with Gasteiger partial charge < -0.3 is 24.4 Å². The summed E-state index contributed by atoms with van der Waals surface area (Å²) in [6.07, 6.45) is 6.80. The Hall–Kier alpha value is -3.75. The van der Waals surface area contributed by atoms with E-state index in [1.165, 1.54) is 4.90 Å². The standard InChI is InChI=1S/C31H32N2O6/c1-19-9-6-10-20(2)26(19)32-15-8-14-31-25(24-23(39-31)13-7-16-38-30(24)37)28(35)33(27(31)29(32)36)22(18-34)17-21-11-4-3-5-12-21/h3-14,22-25,27,34H,15-18H2,1-2H3/t22-,23-,24+,25+,27?,31+/m1/s1. The van der Waals surface area contributed by atoms with Gasteiger partial charge in [0.05, 0.1) is 24.7 Å². The predicted octanol–water partition coefficient (Wildman–Crippen LogP) is 2.50. The fourth-order valence-electron chi connectivity index (χ4n) is 6.87. The van der Waals surface area contributed by atoms with Crippen LogP contribution in [-0.2, 0) is 30.3 Å². The summed E-state index contributed by atoms with van der Waals surface area (Å²) in [4.78, 5) is 45.4. The van der Waals surface area contributed by atoms with Gasteiger partial charge in [-0.2, -0.15) is 0 Å². The molecule has 4 aliphatic heterocycles. The Bertz CT molecular complexity index is 1350. The zero-order valence-electron chi connectivity index (χ0n) is 22.0. The van der Waals surface area contributed by atoms with Crippen molar-refractivity contribution in [1.29, 1.82) is 0 Å². The molecule has 0 aromatic heterocycles. The molecule has 202 valence electrons. The maximum Gasteiger partial charge on any atom is 0.313 e.